The van der Waals surface area contributed by atoms with Gasteiger partial charge < -0.3 is 15.3 Å². The van der Waals surface area contributed by atoms with E-state index >= 15 is 0 Å². The molecular weight excluding hydrogens is 413 g/mol. The van der Waals surface area contributed by atoms with Crippen LogP contribution in [0.2, 0.25) is 5.02 Å². The Bertz CT molecular complexity index is 849. The molecule has 0 aliphatic carbocycles. The van der Waals surface area contributed by atoms with Gasteiger partial charge in [0.1, 0.15) is 5.82 Å². The fraction of sp³-hybridized carbons (Fsp3) is 0.353. The molecule has 6 nitrogen and oxygen atoms in total. The molecule has 10 heteroatoms. The van der Waals surface area contributed by atoms with E-state index in [1.54, 1.807) is 17.0 Å². The number of carboxylic acid groups (broad SMARTS) is 1. The SMILES string of the molecule is O=C(O)c1csc(SCCN2C(=O)CC[C@@H]2CNc2ccc(Cl)cc2F)n1. The van der Waals surface area contributed by atoms with Gasteiger partial charge in [-0.15, -0.1) is 11.3 Å². The normalized spacial score (nSPS) is 16.7. The maximum absolute atomic E-state index is 13.9. The average molecular weight is 430 g/mol. The van der Waals surface area contributed by atoms with Crippen molar-refractivity contribution >= 4 is 52.3 Å². The summed E-state index contributed by atoms with van der Waals surface area (Å²) in [6, 6.07) is 4.42. The number of hydrogen-bond acceptors (Lipinski definition) is 6. The van der Waals surface area contributed by atoms with Crippen LogP contribution in [0.1, 0.15) is 23.3 Å². The van der Waals surface area contributed by atoms with Crippen LogP contribution in [0.15, 0.2) is 27.9 Å². The predicted molar refractivity (Wildman–Crippen MR) is 104 cm³/mol. The van der Waals surface area contributed by atoms with E-state index in [9.17, 15) is 14.0 Å². The average Bonchev–Trinajstić information content (AvgIpc) is 3.22. The second-order valence-electron chi connectivity index (χ2n) is 5.94. The summed E-state index contributed by atoms with van der Waals surface area (Å²) >= 11 is 8.45. The fourth-order valence-corrected chi connectivity index (χ4v) is 4.79. The number of thioether (sulfide) groups is 1. The number of aromatic carboxylic acids is 1. The van der Waals surface area contributed by atoms with Crippen molar-refractivity contribution in [3.63, 3.8) is 0 Å². The number of halogens is 2. The molecule has 2 aromatic rings. The molecule has 0 bridgehead atoms. The summed E-state index contributed by atoms with van der Waals surface area (Å²) in [6.07, 6.45) is 1.19. The Labute approximate surface area is 168 Å². The van der Waals surface area contributed by atoms with Crippen molar-refractivity contribution in [3.8, 4) is 0 Å². The molecule has 27 heavy (non-hydrogen) atoms. The van der Waals surface area contributed by atoms with Crippen molar-refractivity contribution in [1.29, 1.82) is 0 Å². The van der Waals surface area contributed by atoms with Crippen LogP contribution in [0, 0.1) is 5.82 Å². The number of anilines is 1. The molecule has 1 atom stereocenters. The van der Waals surface area contributed by atoms with Gasteiger partial charge in [0.15, 0.2) is 10.0 Å². The first-order valence-corrected chi connectivity index (χ1v) is 10.5. The van der Waals surface area contributed by atoms with Gasteiger partial charge in [-0.05, 0) is 24.6 Å². The third kappa shape index (κ3) is 5.12. The van der Waals surface area contributed by atoms with Crippen molar-refractivity contribution in [3.05, 3.63) is 40.1 Å². The number of nitrogens with zero attached hydrogens (tertiary/aromatic N) is 2. The van der Waals surface area contributed by atoms with Gasteiger partial charge in [0.25, 0.3) is 0 Å². The molecule has 1 aliphatic heterocycles. The molecule has 2 N–H and O–H groups in total. The number of carboxylic acids is 1. The largest absolute Gasteiger partial charge is 0.476 e. The lowest BCUT2D eigenvalue weighted by molar-refractivity contribution is -0.128. The smallest absolute Gasteiger partial charge is 0.355 e. The number of carbonyl (C=O) groups excluding carboxylic acids is 1. The quantitative estimate of drug-likeness (QED) is 0.620. The van der Waals surface area contributed by atoms with Crippen LogP contribution < -0.4 is 5.32 Å². The zero-order valence-electron chi connectivity index (χ0n) is 14.2. The fourth-order valence-electron chi connectivity index (χ4n) is 2.83. The van der Waals surface area contributed by atoms with E-state index in [1.807, 2.05) is 0 Å². The molecular formula is C17H17ClFN3O3S2. The highest BCUT2D eigenvalue weighted by molar-refractivity contribution is 8.01. The van der Waals surface area contributed by atoms with Crippen molar-refractivity contribution in [2.75, 3.05) is 24.2 Å². The van der Waals surface area contributed by atoms with Crippen LogP contribution in [0.3, 0.4) is 0 Å². The van der Waals surface area contributed by atoms with Gasteiger partial charge in [0.05, 0.1) is 5.69 Å². The van der Waals surface area contributed by atoms with Crippen molar-refractivity contribution < 1.29 is 19.1 Å². The predicted octanol–water partition coefficient (Wildman–Crippen LogP) is 3.83. The number of rotatable bonds is 8. The standard InChI is InChI=1S/C17H17ClFN3O3S2/c18-10-1-3-13(12(19)7-10)20-8-11-2-4-15(23)22(11)5-6-26-17-21-14(9-27-17)16(24)25/h1,3,7,9,11,20H,2,4-6,8H2,(H,24,25)/t11-/m1/s1. The number of amides is 1. The number of nitrogens with one attached hydrogen (secondary N) is 1. The van der Waals surface area contributed by atoms with Crippen molar-refractivity contribution in [2.24, 2.45) is 0 Å². The molecule has 1 aliphatic rings. The number of likely N-dealkylation sites (tertiary alicyclic amines) is 1. The van der Waals surface area contributed by atoms with Crippen LogP contribution in [-0.2, 0) is 4.79 Å². The maximum atomic E-state index is 13.9. The summed E-state index contributed by atoms with van der Waals surface area (Å²) in [4.78, 5) is 28.8. The molecule has 0 unspecified atom stereocenters. The topological polar surface area (TPSA) is 82.5 Å². The van der Waals surface area contributed by atoms with Crippen LogP contribution in [0.5, 0.6) is 0 Å². The molecule has 1 aromatic carbocycles. The molecule has 1 fully saturated rings. The first-order valence-electron chi connectivity index (χ1n) is 8.24. The Morgan fingerprint density at radius 3 is 3.04 bits per heavy atom. The summed E-state index contributed by atoms with van der Waals surface area (Å²) in [7, 11) is 0. The first kappa shape index (κ1) is 19.9. The van der Waals surface area contributed by atoms with E-state index in [0.717, 1.165) is 0 Å². The number of benzene rings is 1. The third-order valence-corrected chi connectivity index (χ3v) is 6.41. The first-order chi connectivity index (χ1) is 12.9. The highest BCUT2D eigenvalue weighted by Crippen LogP contribution is 2.26. The van der Waals surface area contributed by atoms with E-state index in [0.29, 0.717) is 46.7 Å². The van der Waals surface area contributed by atoms with Crippen LogP contribution in [0.4, 0.5) is 10.1 Å². The monoisotopic (exact) mass is 429 g/mol. The highest BCUT2D eigenvalue weighted by Gasteiger charge is 2.30. The van der Waals surface area contributed by atoms with E-state index < -0.39 is 11.8 Å². The van der Waals surface area contributed by atoms with Crippen LogP contribution in [-0.4, -0.2) is 51.8 Å². The van der Waals surface area contributed by atoms with Gasteiger partial charge in [0, 0.05) is 41.7 Å². The van der Waals surface area contributed by atoms with E-state index in [4.69, 9.17) is 16.7 Å². The molecule has 1 amide bonds. The van der Waals surface area contributed by atoms with E-state index in [2.05, 4.69) is 10.3 Å². The van der Waals surface area contributed by atoms with E-state index in [1.165, 1.54) is 34.5 Å². The summed E-state index contributed by atoms with van der Waals surface area (Å²) in [5, 5.41) is 13.8. The molecule has 1 saturated heterocycles. The Morgan fingerprint density at radius 2 is 2.33 bits per heavy atom. The van der Waals surface area contributed by atoms with Gasteiger partial charge in [0.2, 0.25) is 5.91 Å². The number of aromatic nitrogens is 1. The summed E-state index contributed by atoms with van der Waals surface area (Å²) < 4.78 is 14.5. The molecule has 0 radical (unpaired) electrons. The van der Waals surface area contributed by atoms with Gasteiger partial charge in [-0.3, -0.25) is 4.79 Å². The third-order valence-electron chi connectivity index (χ3n) is 4.17. The van der Waals surface area contributed by atoms with Gasteiger partial charge in [-0.2, -0.15) is 0 Å². The molecule has 144 valence electrons. The summed E-state index contributed by atoms with van der Waals surface area (Å²) in [5.74, 6) is -0.783. The van der Waals surface area contributed by atoms with Gasteiger partial charge in [-0.1, -0.05) is 23.4 Å². The van der Waals surface area contributed by atoms with Crippen LogP contribution >= 0.6 is 34.7 Å². The van der Waals surface area contributed by atoms with Crippen LogP contribution in [0.25, 0.3) is 0 Å². The lowest BCUT2D eigenvalue weighted by Gasteiger charge is -2.25. The van der Waals surface area contributed by atoms with E-state index in [-0.39, 0.29) is 17.6 Å². The van der Waals surface area contributed by atoms with Gasteiger partial charge >= 0.3 is 5.97 Å². The Balaban J connectivity index is 1.52. The number of thiazole rings is 1. The lowest BCUT2D eigenvalue weighted by atomic mass is 10.2. The number of hydrogen-bond donors (Lipinski definition) is 2. The minimum atomic E-state index is -1.05. The minimum absolute atomic E-state index is 0.0148. The lowest BCUT2D eigenvalue weighted by Crippen LogP contribution is -2.39. The Kier molecular flexibility index (Phi) is 6.56. The molecule has 2 heterocycles. The highest BCUT2D eigenvalue weighted by atomic mass is 35.5. The Morgan fingerprint density at radius 1 is 1.52 bits per heavy atom. The molecule has 0 spiro atoms. The van der Waals surface area contributed by atoms with Gasteiger partial charge in [-0.25, -0.2) is 14.2 Å². The maximum Gasteiger partial charge on any atom is 0.355 e. The zero-order chi connectivity index (χ0) is 19.4. The second kappa shape index (κ2) is 8.90. The minimum Gasteiger partial charge on any atom is -0.476 e. The molecule has 1 aromatic heterocycles. The molecule has 3 rings (SSSR count). The second-order valence-corrected chi connectivity index (χ2v) is 8.57. The summed E-state index contributed by atoms with van der Waals surface area (Å²) in [5.41, 5.74) is 0.392. The van der Waals surface area contributed by atoms with Crippen molar-refractivity contribution in [2.45, 2.75) is 23.2 Å². The number of carbonyl (C=O) groups is 2. The zero-order valence-corrected chi connectivity index (χ0v) is 16.5. The summed E-state index contributed by atoms with van der Waals surface area (Å²) in [6.45, 7) is 0.982. The van der Waals surface area contributed by atoms with Crippen molar-refractivity contribution in [1.82, 2.24) is 9.88 Å². The molecule has 0 saturated carbocycles. The Hall–Kier alpha value is -1.84.